The minimum Gasteiger partial charge on any atom is -0.311 e. The molecule has 1 unspecified atom stereocenters. The van der Waals surface area contributed by atoms with E-state index in [9.17, 15) is 0 Å². The van der Waals surface area contributed by atoms with Gasteiger partial charge in [0.15, 0.2) is 0 Å². The standard InChI is InChI=1S/C69H60N2/c1-49-17-27-59(28-18-49)69(61-16-10-12-53(5)46-61)48-55-25-39-65(40-26-55)71(63-35-21-51(3)22-36-63)67-43-31-57(32-44-67)56-29-41-66(42-30-56)70(62-33-19-50(2)20-34-62)64-37-23-54(24-38-64)47-68(58-13-7-6-8-14-58)60-15-9-11-52(4)45-60/h6-17,19-49H,18H2,1-5H3/b68-47+,69-48+. The molecule has 9 aromatic rings. The molecule has 1 aliphatic rings. The zero-order valence-corrected chi connectivity index (χ0v) is 41.4. The van der Waals surface area contributed by atoms with E-state index in [1.807, 2.05) is 0 Å². The summed E-state index contributed by atoms with van der Waals surface area (Å²) in [5.74, 6) is 0.559. The summed E-state index contributed by atoms with van der Waals surface area (Å²) in [7, 11) is 0. The molecule has 1 aliphatic carbocycles. The lowest BCUT2D eigenvalue weighted by atomic mass is 9.89. The van der Waals surface area contributed by atoms with E-state index in [1.54, 1.807) is 0 Å². The third-order valence-electron chi connectivity index (χ3n) is 13.5. The maximum absolute atomic E-state index is 2.39. The van der Waals surface area contributed by atoms with Crippen molar-refractivity contribution in [3.8, 4) is 11.1 Å². The topological polar surface area (TPSA) is 6.48 Å². The first kappa shape index (κ1) is 46.3. The summed E-state index contributed by atoms with van der Waals surface area (Å²) in [4.78, 5) is 4.69. The van der Waals surface area contributed by atoms with Gasteiger partial charge in [0.2, 0.25) is 0 Å². The van der Waals surface area contributed by atoms with Gasteiger partial charge in [0.25, 0.3) is 0 Å². The Morgan fingerprint density at radius 1 is 0.380 bits per heavy atom. The van der Waals surface area contributed by atoms with Gasteiger partial charge in [-0.25, -0.2) is 0 Å². The van der Waals surface area contributed by atoms with E-state index in [4.69, 9.17) is 0 Å². The van der Waals surface area contributed by atoms with Crippen LogP contribution in [0.3, 0.4) is 0 Å². The molecule has 0 bridgehead atoms. The number of rotatable bonds is 13. The molecule has 10 rings (SSSR count). The van der Waals surface area contributed by atoms with E-state index >= 15 is 0 Å². The number of hydrogen-bond acceptors (Lipinski definition) is 2. The number of allylic oxidation sites excluding steroid dienone is 5. The highest BCUT2D eigenvalue weighted by molar-refractivity contribution is 5.94. The van der Waals surface area contributed by atoms with Crippen LogP contribution in [0.1, 0.15) is 63.4 Å². The molecule has 2 heteroatoms. The molecule has 0 aliphatic heterocycles. The van der Waals surface area contributed by atoms with Crippen LogP contribution in [0.4, 0.5) is 34.1 Å². The van der Waals surface area contributed by atoms with Gasteiger partial charge < -0.3 is 9.80 Å². The van der Waals surface area contributed by atoms with Gasteiger partial charge in [-0.05, 0) is 181 Å². The Balaban J connectivity index is 0.932. The molecule has 1 atom stereocenters. The molecule has 9 aromatic carbocycles. The SMILES string of the molecule is Cc1ccc(N(c2ccc(/C=C(\C3=CCC(C)C=C3)c3cccc(C)c3)cc2)c2ccc(-c3ccc(N(c4ccc(C)cc4)c4ccc(/C=C(\c5ccccc5)c5cccc(C)c5)cc4)cc3)cc2)cc1. The van der Waals surface area contributed by atoms with Crippen LogP contribution in [0.2, 0.25) is 0 Å². The van der Waals surface area contributed by atoms with Gasteiger partial charge in [0.1, 0.15) is 0 Å². The van der Waals surface area contributed by atoms with E-state index in [2.05, 4.69) is 299 Å². The van der Waals surface area contributed by atoms with Crippen LogP contribution >= 0.6 is 0 Å². The Morgan fingerprint density at radius 2 is 0.761 bits per heavy atom. The average Bonchev–Trinajstić information content (AvgIpc) is 3.40. The summed E-state index contributed by atoms with van der Waals surface area (Å²) in [5, 5.41) is 0. The van der Waals surface area contributed by atoms with Crippen molar-refractivity contribution in [3.63, 3.8) is 0 Å². The lowest BCUT2D eigenvalue weighted by molar-refractivity contribution is 0.734. The fourth-order valence-electron chi connectivity index (χ4n) is 9.50. The predicted molar refractivity (Wildman–Crippen MR) is 305 cm³/mol. The van der Waals surface area contributed by atoms with E-state index in [0.29, 0.717) is 5.92 Å². The summed E-state index contributed by atoms with van der Waals surface area (Å²) in [6.45, 7) is 10.9. The van der Waals surface area contributed by atoms with E-state index in [1.165, 1.54) is 61.2 Å². The third kappa shape index (κ3) is 10.9. The molecular formula is C69H60N2. The average molecular weight is 917 g/mol. The molecule has 0 N–H and O–H groups in total. The van der Waals surface area contributed by atoms with Crippen LogP contribution in [0.15, 0.2) is 248 Å². The van der Waals surface area contributed by atoms with Crippen LogP contribution in [-0.4, -0.2) is 0 Å². The smallest absolute Gasteiger partial charge is 0.0462 e. The minimum atomic E-state index is 0.559. The fourth-order valence-corrected chi connectivity index (χ4v) is 9.50. The van der Waals surface area contributed by atoms with Crippen LogP contribution in [0.5, 0.6) is 0 Å². The van der Waals surface area contributed by atoms with Crippen molar-refractivity contribution in [2.45, 2.75) is 41.0 Å². The lowest BCUT2D eigenvalue weighted by Crippen LogP contribution is -2.10. The third-order valence-corrected chi connectivity index (χ3v) is 13.5. The van der Waals surface area contributed by atoms with Gasteiger partial charge >= 0.3 is 0 Å². The number of hydrogen-bond donors (Lipinski definition) is 0. The summed E-state index contributed by atoms with van der Waals surface area (Å²) in [6.07, 6.45) is 12.7. The molecule has 71 heavy (non-hydrogen) atoms. The van der Waals surface area contributed by atoms with Gasteiger partial charge in [-0.1, -0.05) is 199 Å². The molecule has 0 saturated heterocycles. The summed E-state index contributed by atoms with van der Waals surface area (Å²) >= 11 is 0. The van der Waals surface area contributed by atoms with E-state index in [-0.39, 0.29) is 0 Å². The molecule has 2 nitrogen and oxygen atoms in total. The van der Waals surface area contributed by atoms with Crippen molar-refractivity contribution in [1.82, 2.24) is 0 Å². The van der Waals surface area contributed by atoms with E-state index in [0.717, 1.165) is 57.2 Å². The molecule has 0 aromatic heterocycles. The van der Waals surface area contributed by atoms with Crippen LogP contribution in [0, 0.1) is 33.6 Å². The summed E-state index contributed by atoms with van der Waals surface area (Å²) < 4.78 is 0. The maximum atomic E-state index is 2.39. The Bertz CT molecular complexity index is 3370. The van der Waals surface area contributed by atoms with Crippen molar-refractivity contribution in [2.75, 3.05) is 9.80 Å². The second-order valence-electron chi connectivity index (χ2n) is 19.1. The quantitative estimate of drug-likeness (QED) is 0.106. The number of nitrogens with zero attached hydrogens (tertiary/aromatic N) is 2. The molecule has 0 radical (unpaired) electrons. The molecule has 0 saturated carbocycles. The first-order valence-corrected chi connectivity index (χ1v) is 24.9. The second-order valence-corrected chi connectivity index (χ2v) is 19.1. The zero-order chi connectivity index (χ0) is 48.7. The van der Waals surface area contributed by atoms with Gasteiger partial charge in [0, 0.05) is 34.1 Å². The first-order chi connectivity index (χ1) is 34.7. The Kier molecular flexibility index (Phi) is 13.7. The molecule has 0 amide bonds. The molecule has 0 spiro atoms. The first-order valence-electron chi connectivity index (χ1n) is 24.9. The highest BCUT2D eigenvalue weighted by Gasteiger charge is 2.17. The largest absolute Gasteiger partial charge is 0.311 e. The molecular weight excluding hydrogens is 857 g/mol. The monoisotopic (exact) mass is 916 g/mol. The number of aryl methyl sites for hydroxylation is 4. The fraction of sp³-hybridized carbons (Fsp3) is 0.101. The van der Waals surface area contributed by atoms with Gasteiger partial charge in [-0.2, -0.15) is 0 Å². The van der Waals surface area contributed by atoms with Crippen molar-refractivity contribution in [1.29, 1.82) is 0 Å². The summed E-state index contributed by atoms with van der Waals surface area (Å²) in [6, 6.07) is 81.7. The van der Waals surface area contributed by atoms with Crippen molar-refractivity contribution >= 4 is 57.4 Å². The van der Waals surface area contributed by atoms with E-state index < -0.39 is 0 Å². The normalized spacial score (nSPS) is 13.7. The second kappa shape index (κ2) is 21.0. The predicted octanol–water partition coefficient (Wildman–Crippen LogP) is 19.2. The Morgan fingerprint density at radius 3 is 1.17 bits per heavy atom. The molecule has 346 valence electrons. The summed E-state index contributed by atoms with van der Waals surface area (Å²) in [5.41, 5.74) is 23.6. The highest BCUT2D eigenvalue weighted by atomic mass is 15.1. The van der Waals surface area contributed by atoms with Crippen LogP contribution in [-0.2, 0) is 0 Å². The van der Waals surface area contributed by atoms with Crippen molar-refractivity contribution in [2.24, 2.45) is 5.92 Å². The van der Waals surface area contributed by atoms with Crippen LogP contribution in [0.25, 0.3) is 34.4 Å². The van der Waals surface area contributed by atoms with Gasteiger partial charge in [-0.15, -0.1) is 0 Å². The van der Waals surface area contributed by atoms with Crippen molar-refractivity contribution in [3.05, 3.63) is 298 Å². The highest BCUT2D eigenvalue weighted by Crippen LogP contribution is 2.40. The zero-order valence-electron chi connectivity index (χ0n) is 41.4. The Hall–Kier alpha value is -8.46. The number of benzene rings is 9. The lowest BCUT2D eigenvalue weighted by Gasteiger charge is -2.26. The molecule has 0 fully saturated rings. The minimum absolute atomic E-state index is 0.559. The van der Waals surface area contributed by atoms with Crippen molar-refractivity contribution < 1.29 is 0 Å². The number of anilines is 6. The van der Waals surface area contributed by atoms with Gasteiger partial charge in [0.05, 0.1) is 0 Å². The molecule has 0 heterocycles. The Labute approximate surface area is 421 Å². The maximum Gasteiger partial charge on any atom is 0.0462 e. The van der Waals surface area contributed by atoms with Crippen LogP contribution < -0.4 is 9.80 Å². The van der Waals surface area contributed by atoms with Gasteiger partial charge in [-0.3, -0.25) is 0 Å².